The number of rotatable bonds is 8. The zero-order chi connectivity index (χ0) is 14.1. The molecule has 4 nitrogen and oxygen atoms in total. The van der Waals surface area contributed by atoms with Gasteiger partial charge in [0.05, 0.1) is 12.8 Å². The average Bonchev–Trinajstić information content (AvgIpc) is 2.40. The first-order valence-electron chi connectivity index (χ1n) is 6.48. The van der Waals surface area contributed by atoms with Crippen LogP contribution in [0.2, 0.25) is 0 Å². The van der Waals surface area contributed by atoms with Crippen LogP contribution in [0.4, 0.5) is 11.4 Å². The molecule has 0 saturated heterocycles. The maximum Gasteiger partial charge on any atom is 0.224 e. The highest BCUT2D eigenvalue weighted by molar-refractivity contribution is 7.99. The van der Waals surface area contributed by atoms with Gasteiger partial charge in [-0.3, -0.25) is 4.79 Å². The summed E-state index contributed by atoms with van der Waals surface area (Å²) in [5.74, 6) is 2.79. The number of thioether (sulfide) groups is 1. The van der Waals surface area contributed by atoms with Crippen LogP contribution >= 0.6 is 11.8 Å². The van der Waals surface area contributed by atoms with Gasteiger partial charge in [-0.25, -0.2) is 0 Å². The number of carbonyl (C=O) groups is 1. The second-order valence-electron chi connectivity index (χ2n) is 4.22. The quantitative estimate of drug-likeness (QED) is 0.568. The molecular formula is C14H22N2O2S. The molecule has 0 heterocycles. The summed E-state index contributed by atoms with van der Waals surface area (Å²) in [4.78, 5) is 11.8. The van der Waals surface area contributed by atoms with E-state index >= 15 is 0 Å². The van der Waals surface area contributed by atoms with Crippen LogP contribution in [0.1, 0.15) is 26.2 Å². The van der Waals surface area contributed by atoms with Gasteiger partial charge >= 0.3 is 0 Å². The van der Waals surface area contributed by atoms with Gasteiger partial charge < -0.3 is 15.8 Å². The van der Waals surface area contributed by atoms with Crippen LogP contribution in [0.3, 0.4) is 0 Å². The van der Waals surface area contributed by atoms with Gasteiger partial charge in [-0.1, -0.05) is 6.92 Å². The van der Waals surface area contributed by atoms with Gasteiger partial charge in [0.15, 0.2) is 0 Å². The second kappa shape index (κ2) is 8.69. The van der Waals surface area contributed by atoms with E-state index in [1.807, 2.05) is 11.8 Å². The lowest BCUT2D eigenvalue weighted by molar-refractivity contribution is -0.116. The molecule has 1 aromatic rings. The van der Waals surface area contributed by atoms with Crippen LogP contribution in [0.15, 0.2) is 18.2 Å². The average molecular weight is 282 g/mol. The van der Waals surface area contributed by atoms with Crippen molar-refractivity contribution in [1.29, 1.82) is 0 Å². The maximum atomic E-state index is 11.8. The highest BCUT2D eigenvalue weighted by Crippen LogP contribution is 2.26. The second-order valence-corrected chi connectivity index (χ2v) is 5.45. The number of anilines is 2. The van der Waals surface area contributed by atoms with Crippen molar-refractivity contribution in [2.24, 2.45) is 0 Å². The number of nitrogens with one attached hydrogen (secondary N) is 1. The lowest BCUT2D eigenvalue weighted by Crippen LogP contribution is -2.12. The number of nitrogen functional groups attached to an aromatic ring is 1. The summed E-state index contributed by atoms with van der Waals surface area (Å²) in [5, 5.41) is 2.85. The highest BCUT2D eigenvalue weighted by Gasteiger charge is 2.07. The van der Waals surface area contributed by atoms with Crippen molar-refractivity contribution in [2.45, 2.75) is 26.2 Å². The first-order valence-corrected chi connectivity index (χ1v) is 7.64. The van der Waals surface area contributed by atoms with Gasteiger partial charge in [-0.15, -0.1) is 0 Å². The summed E-state index contributed by atoms with van der Waals surface area (Å²) < 4.78 is 5.19. The van der Waals surface area contributed by atoms with Crippen LogP contribution in [0, 0.1) is 0 Å². The number of hydrogen-bond donors (Lipinski definition) is 2. The normalized spacial score (nSPS) is 10.2. The summed E-state index contributed by atoms with van der Waals surface area (Å²) in [7, 11) is 1.56. The zero-order valence-electron chi connectivity index (χ0n) is 11.6. The van der Waals surface area contributed by atoms with Crippen molar-refractivity contribution in [2.75, 3.05) is 29.7 Å². The van der Waals surface area contributed by atoms with Crippen LogP contribution in [-0.2, 0) is 4.79 Å². The van der Waals surface area contributed by atoms with Gasteiger partial charge in [0.2, 0.25) is 5.91 Å². The fourth-order valence-electron chi connectivity index (χ4n) is 1.60. The minimum absolute atomic E-state index is 0.0140. The molecular weight excluding hydrogens is 260 g/mol. The van der Waals surface area contributed by atoms with E-state index in [-0.39, 0.29) is 5.91 Å². The molecule has 0 fully saturated rings. The lowest BCUT2D eigenvalue weighted by Gasteiger charge is -2.10. The number of benzene rings is 1. The van der Waals surface area contributed by atoms with E-state index in [1.54, 1.807) is 25.3 Å². The Balaban J connectivity index is 2.39. The zero-order valence-corrected chi connectivity index (χ0v) is 12.4. The summed E-state index contributed by atoms with van der Waals surface area (Å²) in [6, 6.07) is 5.21. The predicted octanol–water partition coefficient (Wildman–Crippen LogP) is 3.14. The van der Waals surface area contributed by atoms with Gasteiger partial charge in [0.1, 0.15) is 5.75 Å². The third kappa shape index (κ3) is 5.87. The molecule has 0 atom stereocenters. The van der Waals surface area contributed by atoms with E-state index in [4.69, 9.17) is 10.5 Å². The van der Waals surface area contributed by atoms with Crippen molar-refractivity contribution in [3.8, 4) is 5.75 Å². The Morgan fingerprint density at radius 2 is 2.21 bits per heavy atom. The van der Waals surface area contributed by atoms with E-state index in [0.29, 0.717) is 23.5 Å². The highest BCUT2D eigenvalue weighted by atomic mass is 32.2. The molecule has 0 spiro atoms. The van der Waals surface area contributed by atoms with Gasteiger partial charge in [0.25, 0.3) is 0 Å². The molecule has 0 aliphatic heterocycles. The number of amides is 1. The van der Waals surface area contributed by atoms with E-state index in [2.05, 4.69) is 12.2 Å². The van der Waals surface area contributed by atoms with Crippen LogP contribution in [-0.4, -0.2) is 24.5 Å². The lowest BCUT2D eigenvalue weighted by atomic mass is 10.2. The fourth-order valence-corrected chi connectivity index (χ4v) is 2.45. The third-order valence-electron chi connectivity index (χ3n) is 2.54. The molecule has 0 saturated carbocycles. The molecule has 0 aromatic heterocycles. The number of ether oxygens (including phenoxy) is 1. The molecule has 1 aromatic carbocycles. The van der Waals surface area contributed by atoms with Crippen molar-refractivity contribution in [3.63, 3.8) is 0 Å². The van der Waals surface area contributed by atoms with E-state index in [0.717, 1.165) is 17.9 Å². The van der Waals surface area contributed by atoms with Crippen molar-refractivity contribution in [1.82, 2.24) is 0 Å². The minimum Gasteiger partial charge on any atom is -0.494 e. The van der Waals surface area contributed by atoms with Crippen LogP contribution < -0.4 is 15.8 Å². The molecule has 5 heteroatoms. The first-order chi connectivity index (χ1) is 9.17. The first kappa shape index (κ1) is 15.7. The Morgan fingerprint density at radius 3 is 2.89 bits per heavy atom. The Kier molecular flexibility index (Phi) is 7.18. The molecule has 106 valence electrons. The summed E-state index contributed by atoms with van der Waals surface area (Å²) in [6.07, 6.45) is 2.61. The fraction of sp³-hybridized carbons (Fsp3) is 0.500. The van der Waals surface area contributed by atoms with Gasteiger partial charge in [-0.2, -0.15) is 11.8 Å². The number of hydrogen-bond acceptors (Lipinski definition) is 4. The predicted molar refractivity (Wildman–Crippen MR) is 82.9 cm³/mol. The molecule has 1 rings (SSSR count). The topological polar surface area (TPSA) is 64.4 Å². The minimum atomic E-state index is 0.0140. The molecule has 1 amide bonds. The van der Waals surface area contributed by atoms with Gasteiger partial charge in [0, 0.05) is 18.2 Å². The Hall–Kier alpha value is -1.36. The number of methoxy groups -OCH3 is 1. The van der Waals surface area contributed by atoms with Crippen LogP contribution in [0.25, 0.3) is 0 Å². The third-order valence-corrected chi connectivity index (χ3v) is 3.81. The number of carbonyl (C=O) groups excluding carboxylic acids is 1. The van der Waals surface area contributed by atoms with Crippen molar-refractivity contribution in [3.05, 3.63) is 18.2 Å². The van der Waals surface area contributed by atoms with Gasteiger partial charge in [-0.05, 0) is 36.5 Å². The molecule has 3 N–H and O–H groups in total. The maximum absolute atomic E-state index is 11.8. The van der Waals surface area contributed by atoms with Crippen LogP contribution in [0.5, 0.6) is 5.75 Å². The monoisotopic (exact) mass is 282 g/mol. The molecule has 19 heavy (non-hydrogen) atoms. The molecule has 0 aliphatic carbocycles. The Labute approximate surface area is 119 Å². The van der Waals surface area contributed by atoms with E-state index in [1.165, 1.54) is 6.42 Å². The standard InChI is InChI=1S/C14H22N2O2S/c1-3-8-19-9-4-5-14(17)16-12-7-6-11(15)10-13(12)18-2/h6-7,10H,3-5,8-9,15H2,1-2H3,(H,16,17). The summed E-state index contributed by atoms with van der Waals surface area (Å²) in [6.45, 7) is 2.16. The van der Waals surface area contributed by atoms with E-state index < -0.39 is 0 Å². The van der Waals surface area contributed by atoms with E-state index in [9.17, 15) is 4.79 Å². The molecule has 0 unspecified atom stereocenters. The summed E-state index contributed by atoms with van der Waals surface area (Å²) in [5.41, 5.74) is 6.95. The number of nitrogens with two attached hydrogens (primary N) is 1. The smallest absolute Gasteiger partial charge is 0.224 e. The van der Waals surface area contributed by atoms with Crippen molar-refractivity contribution >= 4 is 29.0 Å². The Bertz CT molecular complexity index is 410. The molecule has 0 aliphatic rings. The van der Waals surface area contributed by atoms with Crippen molar-refractivity contribution < 1.29 is 9.53 Å². The molecule has 0 bridgehead atoms. The Morgan fingerprint density at radius 1 is 1.42 bits per heavy atom. The molecule has 0 radical (unpaired) electrons. The summed E-state index contributed by atoms with van der Waals surface area (Å²) >= 11 is 1.89. The SMILES string of the molecule is CCCSCCCC(=O)Nc1ccc(N)cc1OC. The largest absolute Gasteiger partial charge is 0.494 e.